The number of amides is 2. The van der Waals surface area contributed by atoms with Gasteiger partial charge < -0.3 is 15.5 Å². The van der Waals surface area contributed by atoms with Crippen LogP contribution in [0.5, 0.6) is 0 Å². The minimum atomic E-state index is -0.151. The number of benzene rings is 2. The molecule has 0 spiro atoms. The van der Waals surface area contributed by atoms with Gasteiger partial charge in [0.15, 0.2) is 0 Å². The second-order valence-corrected chi connectivity index (χ2v) is 7.20. The zero-order valence-corrected chi connectivity index (χ0v) is 16.0. The first-order valence-corrected chi connectivity index (χ1v) is 9.40. The van der Waals surface area contributed by atoms with Crippen molar-refractivity contribution in [3.8, 4) is 0 Å². The Labute approximate surface area is 162 Å². The summed E-state index contributed by atoms with van der Waals surface area (Å²) in [7, 11) is 3.97. The highest BCUT2D eigenvalue weighted by molar-refractivity contribution is 7.12. The maximum absolute atomic E-state index is 12.3. The molecule has 2 N–H and O–H groups in total. The molecule has 0 saturated carbocycles. The molecule has 1 heterocycles. The molecule has 3 rings (SSSR count). The molecule has 2 aromatic carbocycles. The molecule has 0 aliphatic heterocycles. The molecule has 2 amide bonds. The van der Waals surface area contributed by atoms with Gasteiger partial charge in [0, 0.05) is 37.6 Å². The summed E-state index contributed by atoms with van der Waals surface area (Å²) < 4.78 is 0. The van der Waals surface area contributed by atoms with E-state index in [1.54, 1.807) is 30.3 Å². The number of rotatable bonds is 6. The first kappa shape index (κ1) is 18.7. The molecule has 27 heavy (non-hydrogen) atoms. The van der Waals surface area contributed by atoms with E-state index in [9.17, 15) is 9.59 Å². The van der Waals surface area contributed by atoms with E-state index in [2.05, 4.69) is 10.6 Å². The van der Waals surface area contributed by atoms with Gasteiger partial charge in [0.2, 0.25) is 0 Å². The number of nitrogens with zero attached hydrogens (tertiary/aromatic N) is 1. The van der Waals surface area contributed by atoms with Crippen molar-refractivity contribution in [2.24, 2.45) is 0 Å². The van der Waals surface area contributed by atoms with Crippen LogP contribution in [0.2, 0.25) is 0 Å². The molecular formula is C21H21N3O2S. The summed E-state index contributed by atoms with van der Waals surface area (Å²) in [4.78, 5) is 27.1. The van der Waals surface area contributed by atoms with Crippen molar-refractivity contribution >= 4 is 34.5 Å². The molecular weight excluding hydrogens is 358 g/mol. The second kappa shape index (κ2) is 8.51. The van der Waals surface area contributed by atoms with Crippen LogP contribution in [-0.2, 0) is 6.54 Å². The van der Waals surface area contributed by atoms with E-state index >= 15 is 0 Å². The molecule has 138 valence electrons. The molecule has 0 unspecified atom stereocenters. The minimum absolute atomic E-state index is 0.150. The highest BCUT2D eigenvalue weighted by atomic mass is 32.1. The number of carbonyl (C=O) groups is 2. The Morgan fingerprint density at radius 3 is 2.41 bits per heavy atom. The first-order valence-electron chi connectivity index (χ1n) is 8.52. The van der Waals surface area contributed by atoms with Crippen molar-refractivity contribution in [3.63, 3.8) is 0 Å². The standard InChI is InChI=1S/C21H21N3O2S/c1-24(2)18-6-3-5-15(13-18)14-22-20(25)16-8-10-17(11-9-16)23-21(26)19-7-4-12-27-19/h3-13H,14H2,1-2H3,(H,22,25)(H,23,26). The molecule has 0 fully saturated rings. The van der Waals surface area contributed by atoms with Crippen LogP contribution >= 0.6 is 11.3 Å². The lowest BCUT2D eigenvalue weighted by Gasteiger charge is -2.14. The van der Waals surface area contributed by atoms with Crippen molar-refractivity contribution in [1.82, 2.24) is 5.32 Å². The number of hydrogen-bond donors (Lipinski definition) is 2. The van der Waals surface area contributed by atoms with Gasteiger partial charge >= 0.3 is 0 Å². The lowest BCUT2D eigenvalue weighted by molar-refractivity contribution is 0.0950. The van der Waals surface area contributed by atoms with Crippen LogP contribution in [0, 0.1) is 0 Å². The van der Waals surface area contributed by atoms with E-state index in [4.69, 9.17) is 0 Å². The minimum Gasteiger partial charge on any atom is -0.378 e. The fourth-order valence-corrected chi connectivity index (χ4v) is 3.15. The number of anilines is 2. The van der Waals surface area contributed by atoms with Gasteiger partial charge in [-0.3, -0.25) is 9.59 Å². The van der Waals surface area contributed by atoms with Gasteiger partial charge in [0.05, 0.1) is 4.88 Å². The molecule has 6 heteroatoms. The average Bonchev–Trinajstić information content (AvgIpc) is 3.22. The third-order valence-electron chi connectivity index (χ3n) is 4.03. The molecule has 3 aromatic rings. The van der Waals surface area contributed by atoms with Gasteiger partial charge in [-0.25, -0.2) is 0 Å². The average molecular weight is 379 g/mol. The van der Waals surface area contributed by atoms with Crippen LogP contribution in [0.3, 0.4) is 0 Å². The molecule has 0 radical (unpaired) electrons. The number of carbonyl (C=O) groups excluding carboxylic acids is 2. The highest BCUT2D eigenvalue weighted by Crippen LogP contribution is 2.15. The molecule has 0 aliphatic rings. The van der Waals surface area contributed by atoms with Crippen molar-refractivity contribution in [2.45, 2.75) is 6.54 Å². The lowest BCUT2D eigenvalue weighted by Crippen LogP contribution is -2.23. The van der Waals surface area contributed by atoms with Gasteiger partial charge in [-0.05, 0) is 53.4 Å². The van der Waals surface area contributed by atoms with Crippen LogP contribution in [0.15, 0.2) is 66.0 Å². The monoisotopic (exact) mass is 379 g/mol. The topological polar surface area (TPSA) is 61.4 Å². The molecule has 1 aromatic heterocycles. The summed E-state index contributed by atoms with van der Waals surface area (Å²) >= 11 is 1.39. The van der Waals surface area contributed by atoms with Gasteiger partial charge in [-0.1, -0.05) is 18.2 Å². The fourth-order valence-electron chi connectivity index (χ4n) is 2.53. The summed E-state index contributed by atoms with van der Waals surface area (Å²) in [5.41, 5.74) is 3.33. The maximum atomic E-state index is 12.3. The highest BCUT2D eigenvalue weighted by Gasteiger charge is 2.09. The Kier molecular flexibility index (Phi) is 5.88. The second-order valence-electron chi connectivity index (χ2n) is 6.26. The van der Waals surface area contributed by atoms with Crippen molar-refractivity contribution in [1.29, 1.82) is 0 Å². The van der Waals surface area contributed by atoms with Gasteiger partial charge in [-0.2, -0.15) is 0 Å². The predicted octanol–water partition coefficient (Wildman–Crippen LogP) is 4.00. The first-order chi connectivity index (χ1) is 13.0. The quantitative estimate of drug-likeness (QED) is 0.681. The third-order valence-corrected chi connectivity index (χ3v) is 4.90. The molecule has 0 saturated heterocycles. The summed E-state index contributed by atoms with van der Waals surface area (Å²) in [6, 6.07) is 18.5. The van der Waals surface area contributed by atoms with Crippen LogP contribution in [0.25, 0.3) is 0 Å². The lowest BCUT2D eigenvalue weighted by atomic mass is 10.1. The summed E-state index contributed by atoms with van der Waals surface area (Å²) in [5, 5.41) is 7.60. The molecule has 0 bridgehead atoms. The maximum Gasteiger partial charge on any atom is 0.265 e. The van der Waals surface area contributed by atoms with Crippen molar-refractivity contribution in [3.05, 3.63) is 82.0 Å². The Hall–Kier alpha value is -3.12. The Morgan fingerprint density at radius 2 is 1.74 bits per heavy atom. The number of thiophene rings is 1. The van der Waals surface area contributed by atoms with Crippen LogP contribution in [-0.4, -0.2) is 25.9 Å². The van der Waals surface area contributed by atoms with E-state index in [0.29, 0.717) is 22.7 Å². The summed E-state index contributed by atoms with van der Waals surface area (Å²) in [6.45, 7) is 0.456. The summed E-state index contributed by atoms with van der Waals surface area (Å²) in [6.07, 6.45) is 0. The Bertz CT molecular complexity index is 919. The molecule has 0 aliphatic carbocycles. The smallest absolute Gasteiger partial charge is 0.265 e. The fraction of sp³-hybridized carbons (Fsp3) is 0.143. The van der Waals surface area contributed by atoms with E-state index in [0.717, 1.165) is 11.3 Å². The van der Waals surface area contributed by atoms with Gasteiger partial charge in [-0.15, -0.1) is 11.3 Å². The normalized spacial score (nSPS) is 10.3. The predicted molar refractivity (Wildman–Crippen MR) is 111 cm³/mol. The Balaban J connectivity index is 1.57. The number of hydrogen-bond acceptors (Lipinski definition) is 4. The van der Waals surface area contributed by atoms with E-state index in [-0.39, 0.29) is 11.8 Å². The van der Waals surface area contributed by atoms with E-state index < -0.39 is 0 Å². The largest absolute Gasteiger partial charge is 0.378 e. The SMILES string of the molecule is CN(C)c1cccc(CNC(=O)c2ccc(NC(=O)c3cccs3)cc2)c1. The van der Waals surface area contributed by atoms with E-state index in [1.165, 1.54) is 11.3 Å². The van der Waals surface area contributed by atoms with Crippen molar-refractivity contribution in [2.75, 3.05) is 24.3 Å². The Morgan fingerprint density at radius 1 is 0.963 bits per heavy atom. The van der Waals surface area contributed by atoms with Crippen LogP contribution in [0.1, 0.15) is 25.6 Å². The zero-order chi connectivity index (χ0) is 19.2. The van der Waals surface area contributed by atoms with Crippen LogP contribution in [0.4, 0.5) is 11.4 Å². The zero-order valence-electron chi connectivity index (χ0n) is 15.2. The van der Waals surface area contributed by atoms with Gasteiger partial charge in [0.1, 0.15) is 0 Å². The molecule has 5 nitrogen and oxygen atoms in total. The number of nitrogens with one attached hydrogen (secondary N) is 2. The van der Waals surface area contributed by atoms with Crippen LogP contribution < -0.4 is 15.5 Å². The van der Waals surface area contributed by atoms with Gasteiger partial charge in [0.25, 0.3) is 11.8 Å². The van der Waals surface area contributed by atoms with Crippen molar-refractivity contribution < 1.29 is 9.59 Å². The third kappa shape index (κ3) is 4.95. The van der Waals surface area contributed by atoms with E-state index in [1.807, 2.05) is 54.7 Å². The molecule has 0 atom stereocenters. The summed E-state index contributed by atoms with van der Waals surface area (Å²) in [5.74, 6) is -0.302.